The third-order valence-corrected chi connectivity index (χ3v) is 7.77. The molecule has 12 heteroatoms. The maximum Gasteiger partial charge on any atom is 0.246 e. The molecule has 0 spiro atoms. The van der Waals surface area contributed by atoms with Crippen molar-refractivity contribution in [2.24, 2.45) is 14.1 Å². The van der Waals surface area contributed by atoms with Gasteiger partial charge in [-0.3, -0.25) is 19.1 Å². The van der Waals surface area contributed by atoms with Gasteiger partial charge < -0.3 is 10.1 Å². The van der Waals surface area contributed by atoms with Crippen LogP contribution in [0.25, 0.3) is 11.1 Å². The summed E-state index contributed by atoms with van der Waals surface area (Å²) in [6.07, 6.45) is 6.50. The van der Waals surface area contributed by atoms with Crippen LogP contribution in [0.1, 0.15) is 0 Å². The van der Waals surface area contributed by atoms with Crippen LogP contribution in [-0.4, -0.2) is 81.9 Å². The number of rotatable bonds is 3. The molecule has 33 heavy (non-hydrogen) atoms. The molecular weight excluding hydrogens is 446 g/mol. The fourth-order valence-corrected chi connectivity index (χ4v) is 5.65. The number of piperazine rings is 1. The molecule has 1 aromatic carbocycles. The molecule has 1 N–H and O–H groups in total. The molecule has 1 fully saturated rings. The van der Waals surface area contributed by atoms with E-state index in [1.807, 2.05) is 36.3 Å². The Hall–Kier alpha value is -3.22. The third kappa shape index (κ3) is 4.24. The second kappa shape index (κ2) is 8.28. The number of anilines is 1. The largest absolute Gasteiger partial charge is 0.490 e. The zero-order chi connectivity index (χ0) is 23.2. The predicted molar refractivity (Wildman–Crippen MR) is 120 cm³/mol. The molecule has 1 amide bonds. The second-order valence-electron chi connectivity index (χ2n) is 8.31. The van der Waals surface area contributed by atoms with Crippen LogP contribution in [0.2, 0.25) is 0 Å². The van der Waals surface area contributed by atoms with Gasteiger partial charge in [-0.1, -0.05) is 6.07 Å². The van der Waals surface area contributed by atoms with Crippen molar-refractivity contribution in [3.05, 3.63) is 43.0 Å². The molecule has 174 valence electrons. The lowest BCUT2D eigenvalue weighted by atomic mass is 10.1. The fraction of sp³-hybridized carbons (Fsp3) is 0.381. The third-order valence-electron chi connectivity index (χ3n) is 5.96. The van der Waals surface area contributed by atoms with Crippen molar-refractivity contribution in [3.63, 3.8) is 0 Å². The van der Waals surface area contributed by atoms with E-state index in [0.717, 1.165) is 11.1 Å². The van der Waals surface area contributed by atoms with E-state index in [2.05, 4.69) is 15.5 Å². The number of aryl methyl sites for hydroxylation is 2. The first kappa shape index (κ1) is 21.6. The quantitative estimate of drug-likeness (QED) is 0.593. The minimum atomic E-state index is -3.67. The van der Waals surface area contributed by atoms with Crippen molar-refractivity contribution in [3.8, 4) is 16.9 Å². The molecule has 0 unspecified atom stereocenters. The summed E-state index contributed by atoms with van der Waals surface area (Å²) < 4.78 is 36.8. The number of sulfonamides is 1. The van der Waals surface area contributed by atoms with E-state index in [4.69, 9.17) is 4.74 Å². The van der Waals surface area contributed by atoms with Crippen LogP contribution in [0, 0.1) is 0 Å². The van der Waals surface area contributed by atoms with E-state index < -0.39 is 10.0 Å². The van der Waals surface area contributed by atoms with Gasteiger partial charge in [0.2, 0.25) is 15.9 Å². The van der Waals surface area contributed by atoms with E-state index in [9.17, 15) is 13.2 Å². The number of fused-ring (bicyclic) bond motifs is 2. The topological polar surface area (TPSA) is 115 Å². The lowest BCUT2D eigenvalue weighted by molar-refractivity contribution is -0.118. The van der Waals surface area contributed by atoms with Crippen LogP contribution in [0.4, 0.5) is 5.69 Å². The molecule has 2 aliphatic rings. The molecular formula is C21H25N7O4S. The Morgan fingerprint density at radius 2 is 1.85 bits per heavy atom. The predicted octanol–water partition coefficient (Wildman–Crippen LogP) is 0.527. The number of amides is 1. The smallest absolute Gasteiger partial charge is 0.246 e. The van der Waals surface area contributed by atoms with Crippen LogP contribution in [-0.2, 0) is 28.9 Å². The van der Waals surface area contributed by atoms with E-state index in [0.29, 0.717) is 24.5 Å². The first-order valence-electron chi connectivity index (χ1n) is 10.6. The Morgan fingerprint density at radius 1 is 1.06 bits per heavy atom. The van der Waals surface area contributed by atoms with Crippen molar-refractivity contribution in [1.82, 2.24) is 28.8 Å². The Bertz CT molecular complexity index is 1300. The summed E-state index contributed by atoms with van der Waals surface area (Å²) in [4.78, 5) is 14.9. The number of benzene rings is 1. The van der Waals surface area contributed by atoms with E-state index in [-0.39, 0.29) is 36.5 Å². The van der Waals surface area contributed by atoms with Crippen LogP contribution in [0.3, 0.4) is 0 Å². The standard InChI is InChI=1S/C21H25N7O4S/c1-25-10-16(8-22-25)15-3-4-20-19(7-15)24-21(29)13-27-5-6-28(11-17(27)14-32-20)33(30,31)18-9-23-26(2)12-18/h3-4,7-10,12,17H,5-6,11,13-14H2,1-2H3,(H,24,29)/t17-/m0/s1. The molecule has 5 rings (SSSR count). The molecule has 0 aliphatic carbocycles. The number of carbonyl (C=O) groups is 1. The normalized spacial score (nSPS) is 20.1. The van der Waals surface area contributed by atoms with Crippen molar-refractivity contribution >= 4 is 21.6 Å². The van der Waals surface area contributed by atoms with E-state index >= 15 is 0 Å². The summed E-state index contributed by atoms with van der Waals surface area (Å²) in [5.74, 6) is 0.378. The van der Waals surface area contributed by atoms with Crippen LogP contribution in [0.5, 0.6) is 5.75 Å². The zero-order valence-corrected chi connectivity index (χ0v) is 19.2. The molecule has 2 aromatic heterocycles. The van der Waals surface area contributed by atoms with Crippen molar-refractivity contribution in [2.75, 3.05) is 38.1 Å². The Morgan fingerprint density at radius 3 is 2.58 bits per heavy atom. The highest BCUT2D eigenvalue weighted by Crippen LogP contribution is 2.32. The molecule has 0 bridgehead atoms. The van der Waals surface area contributed by atoms with Crippen molar-refractivity contribution < 1.29 is 17.9 Å². The zero-order valence-electron chi connectivity index (χ0n) is 18.4. The second-order valence-corrected chi connectivity index (χ2v) is 10.2. The van der Waals surface area contributed by atoms with Gasteiger partial charge in [0.1, 0.15) is 17.3 Å². The molecule has 0 saturated carbocycles. The maximum absolute atomic E-state index is 13.1. The van der Waals surface area contributed by atoms with Crippen LogP contribution >= 0.6 is 0 Å². The fourth-order valence-electron chi connectivity index (χ4n) is 4.19. The van der Waals surface area contributed by atoms with Crippen molar-refractivity contribution in [1.29, 1.82) is 0 Å². The molecule has 1 saturated heterocycles. The molecule has 4 heterocycles. The molecule has 1 atom stereocenters. The average Bonchev–Trinajstić information content (AvgIpc) is 3.42. The summed E-state index contributed by atoms with van der Waals surface area (Å²) in [6.45, 7) is 1.36. The highest BCUT2D eigenvalue weighted by Gasteiger charge is 2.36. The van der Waals surface area contributed by atoms with Crippen LogP contribution < -0.4 is 10.1 Å². The molecule has 3 aromatic rings. The maximum atomic E-state index is 13.1. The number of nitrogens with zero attached hydrogens (tertiary/aromatic N) is 6. The lowest BCUT2D eigenvalue weighted by Crippen LogP contribution is -2.57. The molecule has 2 aliphatic heterocycles. The number of nitrogens with one attached hydrogen (secondary N) is 1. The van der Waals surface area contributed by atoms with Gasteiger partial charge in [0.05, 0.1) is 30.7 Å². The lowest BCUT2D eigenvalue weighted by Gasteiger charge is -2.39. The summed E-state index contributed by atoms with van der Waals surface area (Å²) in [6, 6.07) is 5.34. The van der Waals surface area contributed by atoms with Crippen LogP contribution in [0.15, 0.2) is 47.9 Å². The summed E-state index contributed by atoms with van der Waals surface area (Å²) >= 11 is 0. The van der Waals surface area contributed by atoms with Gasteiger partial charge in [-0.2, -0.15) is 14.5 Å². The van der Waals surface area contributed by atoms with Gasteiger partial charge in [0.25, 0.3) is 0 Å². The summed E-state index contributed by atoms with van der Waals surface area (Å²) in [5.41, 5.74) is 2.43. The summed E-state index contributed by atoms with van der Waals surface area (Å²) in [5, 5.41) is 11.1. The SMILES string of the molecule is Cn1cc(-c2ccc3c(c2)NC(=O)CN2CCN(S(=O)(=O)c4cnn(C)c4)C[C@H]2CO3)cn1. The minimum Gasteiger partial charge on any atom is -0.490 e. The van der Waals surface area contributed by atoms with Gasteiger partial charge >= 0.3 is 0 Å². The van der Waals surface area contributed by atoms with Gasteiger partial charge in [-0.15, -0.1) is 0 Å². The van der Waals surface area contributed by atoms with Gasteiger partial charge in [0, 0.05) is 51.7 Å². The highest BCUT2D eigenvalue weighted by atomic mass is 32.2. The van der Waals surface area contributed by atoms with E-state index in [1.54, 1.807) is 17.9 Å². The van der Waals surface area contributed by atoms with Gasteiger partial charge in [-0.25, -0.2) is 8.42 Å². The summed E-state index contributed by atoms with van der Waals surface area (Å²) in [7, 11) is -0.144. The first-order valence-corrected chi connectivity index (χ1v) is 12.0. The number of ether oxygens (including phenoxy) is 1. The van der Waals surface area contributed by atoms with Gasteiger partial charge in [-0.05, 0) is 17.7 Å². The number of aromatic nitrogens is 4. The Kier molecular flexibility index (Phi) is 5.43. The monoisotopic (exact) mass is 471 g/mol. The minimum absolute atomic E-state index is 0.158. The van der Waals surface area contributed by atoms with E-state index in [1.165, 1.54) is 21.4 Å². The number of carbonyl (C=O) groups excluding carboxylic acids is 1. The van der Waals surface area contributed by atoms with Gasteiger partial charge in [0.15, 0.2) is 0 Å². The van der Waals surface area contributed by atoms with Crippen molar-refractivity contribution in [2.45, 2.75) is 10.9 Å². The Balaban J connectivity index is 1.38. The molecule has 0 radical (unpaired) electrons. The molecule has 11 nitrogen and oxygen atoms in total. The highest BCUT2D eigenvalue weighted by molar-refractivity contribution is 7.89. The Labute approximate surface area is 191 Å². The first-order chi connectivity index (χ1) is 15.8. The average molecular weight is 472 g/mol. The number of hydrogen-bond acceptors (Lipinski definition) is 7. The number of hydrogen-bond donors (Lipinski definition) is 1.